The standard InChI is InChI=1S/C20H24N2O4/c1-15-17(9-10-18(21-15)16-7-5-4-6-8-16)20(24)22(13-14-25-2)12-11-19(23)26-3/h4-10H,11-14H2,1-3H3. The lowest BCUT2D eigenvalue weighted by molar-refractivity contribution is -0.140. The van der Waals surface area contributed by atoms with E-state index in [0.29, 0.717) is 24.4 Å². The van der Waals surface area contributed by atoms with Gasteiger partial charge in [-0.25, -0.2) is 0 Å². The molecular formula is C20H24N2O4. The van der Waals surface area contributed by atoms with Crippen molar-refractivity contribution in [2.24, 2.45) is 0 Å². The summed E-state index contributed by atoms with van der Waals surface area (Å²) in [6.07, 6.45) is 0.139. The van der Waals surface area contributed by atoms with Crippen molar-refractivity contribution in [1.29, 1.82) is 0 Å². The second-order valence-electron chi connectivity index (χ2n) is 5.81. The van der Waals surface area contributed by atoms with Gasteiger partial charge < -0.3 is 14.4 Å². The zero-order chi connectivity index (χ0) is 18.9. The van der Waals surface area contributed by atoms with Crippen LogP contribution in [0.5, 0.6) is 0 Å². The third-order valence-corrected chi connectivity index (χ3v) is 4.05. The Morgan fingerprint density at radius 3 is 2.38 bits per heavy atom. The summed E-state index contributed by atoms with van der Waals surface area (Å²) in [5.74, 6) is -0.523. The summed E-state index contributed by atoms with van der Waals surface area (Å²) in [6, 6.07) is 13.4. The molecule has 26 heavy (non-hydrogen) atoms. The molecular weight excluding hydrogens is 332 g/mol. The lowest BCUT2D eigenvalue weighted by Gasteiger charge is -2.22. The number of ether oxygens (including phenoxy) is 2. The second kappa shape index (κ2) is 9.68. The number of carbonyl (C=O) groups is 2. The van der Waals surface area contributed by atoms with E-state index in [-0.39, 0.29) is 24.8 Å². The third kappa shape index (κ3) is 5.13. The number of aromatic nitrogens is 1. The number of hydrogen-bond acceptors (Lipinski definition) is 5. The number of hydrogen-bond donors (Lipinski definition) is 0. The number of benzene rings is 1. The van der Waals surface area contributed by atoms with Gasteiger partial charge in [0.1, 0.15) is 0 Å². The number of esters is 1. The monoisotopic (exact) mass is 356 g/mol. The van der Waals surface area contributed by atoms with Crippen molar-refractivity contribution in [2.75, 3.05) is 33.9 Å². The number of amides is 1. The van der Waals surface area contributed by atoms with Gasteiger partial charge in [-0.1, -0.05) is 30.3 Å². The maximum absolute atomic E-state index is 12.9. The van der Waals surface area contributed by atoms with Gasteiger partial charge >= 0.3 is 5.97 Å². The molecule has 1 heterocycles. The normalized spacial score (nSPS) is 10.4. The average Bonchev–Trinajstić information content (AvgIpc) is 2.68. The maximum atomic E-state index is 12.9. The van der Waals surface area contributed by atoms with Crippen LogP contribution in [0.4, 0.5) is 0 Å². The largest absolute Gasteiger partial charge is 0.469 e. The smallest absolute Gasteiger partial charge is 0.307 e. The van der Waals surface area contributed by atoms with E-state index in [4.69, 9.17) is 4.74 Å². The molecule has 1 aromatic carbocycles. The molecule has 2 rings (SSSR count). The molecule has 0 saturated carbocycles. The average molecular weight is 356 g/mol. The molecule has 1 amide bonds. The predicted molar refractivity (Wildman–Crippen MR) is 98.8 cm³/mol. The lowest BCUT2D eigenvalue weighted by atomic mass is 10.1. The van der Waals surface area contributed by atoms with Crippen LogP contribution in [0, 0.1) is 6.92 Å². The molecule has 2 aromatic rings. The Labute approximate surface area is 153 Å². The summed E-state index contributed by atoms with van der Waals surface area (Å²) in [4.78, 5) is 30.5. The van der Waals surface area contributed by atoms with Crippen LogP contribution in [0.3, 0.4) is 0 Å². The molecule has 0 saturated heterocycles. The Bertz CT molecular complexity index is 747. The quantitative estimate of drug-likeness (QED) is 0.680. The summed E-state index contributed by atoms with van der Waals surface area (Å²) in [5.41, 5.74) is 2.98. The molecule has 0 unspecified atom stereocenters. The van der Waals surface area contributed by atoms with Crippen LogP contribution in [-0.2, 0) is 14.3 Å². The zero-order valence-corrected chi connectivity index (χ0v) is 15.4. The number of rotatable bonds is 8. The number of carbonyl (C=O) groups excluding carboxylic acids is 2. The lowest BCUT2D eigenvalue weighted by Crippen LogP contribution is -2.36. The molecule has 6 heteroatoms. The van der Waals surface area contributed by atoms with Crippen molar-refractivity contribution in [2.45, 2.75) is 13.3 Å². The Morgan fingerprint density at radius 2 is 1.77 bits per heavy atom. The Morgan fingerprint density at radius 1 is 1.04 bits per heavy atom. The fourth-order valence-electron chi connectivity index (χ4n) is 2.57. The maximum Gasteiger partial charge on any atom is 0.307 e. The van der Waals surface area contributed by atoms with Gasteiger partial charge in [-0.3, -0.25) is 14.6 Å². The highest BCUT2D eigenvalue weighted by Gasteiger charge is 2.19. The van der Waals surface area contributed by atoms with E-state index in [1.165, 1.54) is 7.11 Å². The summed E-state index contributed by atoms with van der Waals surface area (Å²) >= 11 is 0. The summed E-state index contributed by atoms with van der Waals surface area (Å²) in [7, 11) is 2.91. The van der Waals surface area contributed by atoms with Crippen molar-refractivity contribution in [3.63, 3.8) is 0 Å². The van der Waals surface area contributed by atoms with Gasteiger partial charge in [0.05, 0.1) is 37.1 Å². The van der Waals surface area contributed by atoms with Gasteiger partial charge in [-0.2, -0.15) is 0 Å². The number of methoxy groups -OCH3 is 2. The fraction of sp³-hybridized carbons (Fsp3) is 0.350. The number of nitrogens with zero attached hydrogens (tertiary/aromatic N) is 2. The van der Waals surface area contributed by atoms with Gasteiger partial charge in [0.2, 0.25) is 0 Å². The van der Waals surface area contributed by atoms with Crippen LogP contribution in [0.2, 0.25) is 0 Å². The van der Waals surface area contributed by atoms with Crippen molar-refractivity contribution in [3.05, 3.63) is 53.7 Å². The number of pyridine rings is 1. The van der Waals surface area contributed by atoms with E-state index in [1.807, 2.05) is 43.3 Å². The van der Waals surface area contributed by atoms with Gasteiger partial charge in [-0.15, -0.1) is 0 Å². The molecule has 0 bridgehead atoms. The molecule has 0 N–H and O–H groups in total. The summed E-state index contributed by atoms with van der Waals surface area (Å²) < 4.78 is 9.73. The zero-order valence-electron chi connectivity index (χ0n) is 15.4. The highest BCUT2D eigenvalue weighted by atomic mass is 16.5. The molecule has 0 aliphatic carbocycles. The van der Waals surface area contributed by atoms with Crippen LogP contribution < -0.4 is 0 Å². The first kappa shape index (κ1) is 19.6. The second-order valence-corrected chi connectivity index (χ2v) is 5.81. The SMILES string of the molecule is COCCN(CCC(=O)OC)C(=O)c1ccc(-c2ccccc2)nc1C. The summed E-state index contributed by atoms with van der Waals surface area (Å²) in [5, 5.41) is 0. The minimum Gasteiger partial charge on any atom is -0.469 e. The molecule has 1 aromatic heterocycles. The van der Waals surface area contributed by atoms with Crippen molar-refractivity contribution in [1.82, 2.24) is 9.88 Å². The molecule has 0 radical (unpaired) electrons. The minimum absolute atomic E-state index is 0.139. The van der Waals surface area contributed by atoms with E-state index in [0.717, 1.165) is 11.3 Å². The minimum atomic E-state index is -0.352. The first-order chi connectivity index (χ1) is 12.6. The highest BCUT2D eigenvalue weighted by molar-refractivity contribution is 5.95. The first-order valence-electron chi connectivity index (χ1n) is 8.45. The third-order valence-electron chi connectivity index (χ3n) is 4.05. The van der Waals surface area contributed by atoms with Crippen LogP contribution in [0.25, 0.3) is 11.3 Å². The van der Waals surface area contributed by atoms with Gasteiger partial charge in [0.15, 0.2) is 0 Å². The van der Waals surface area contributed by atoms with Crippen molar-refractivity contribution >= 4 is 11.9 Å². The van der Waals surface area contributed by atoms with Crippen LogP contribution >= 0.6 is 0 Å². The Balaban J connectivity index is 2.20. The van der Waals surface area contributed by atoms with Crippen molar-refractivity contribution < 1.29 is 19.1 Å². The predicted octanol–water partition coefficient (Wildman–Crippen LogP) is 2.71. The van der Waals surface area contributed by atoms with Gasteiger partial charge in [0, 0.05) is 25.8 Å². The van der Waals surface area contributed by atoms with E-state index in [1.54, 1.807) is 18.1 Å². The van der Waals surface area contributed by atoms with Crippen LogP contribution in [-0.4, -0.2) is 55.7 Å². The highest BCUT2D eigenvalue weighted by Crippen LogP contribution is 2.19. The number of aryl methyl sites for hydroxylation is 1. The molecule has 0 aliphatic heterocycles. The molecule has 0 atom stereocenters. The molecule has 138 valence electrons. The Kier molecular flexibility index (Phi) is 7.29. The van der Waals surface area contributed by atoms with Gasteiger partial charge in [0.25, 0.3) is 5.91 Å². The Hall–Kier alpha value is -2.73. The molecule has 0 aliphatic rings. The van der Waals surface area contributed by atoms with Crippen molar-refractivity contribution in [3.8, 4) is 11.3 Å². The van der Waals surface area contributed by atoms with Gasteiger partial charge in [-0.05, 0) is 19.1 Å². The van der Waals surface area contributed by atoms with E-state index in [9.17, 15) is 9.59 Å². The van der Waals surface area contributed by atoms with E-state index in [2.05, 4.69) is 9.72 Å². The van der Waals surface area contributed by atoms with Crippen LogP contribution in [0.1, 0.15) is 22.5 Å². The topological polar surface area (TPSA) is 68.7 Å². The fourth-order valence-corrected chi connectivity index (χ4v) is 2.57. The molecule has 0 fully saturated rings. The summed E-state index contributed by atoms with van der Waals surface area (Å²) in [6.45, 7) is 2.87. The van der Waals surface area contributed by atoms with Crippen LogP contribution in [0.15, 0.2) is 42.5 Å². The molecule has 0 spiro atoms. The molecule has 6 nitrogen and oxygen atoms in total. The van der Waals surface area contributed by atoms with E-state index < -0.39 is 0 Å². The van der Waals surface area contributed by atoms with E-state index >= 15 is 0 Å². The first-order valence-corrected chi connectivity index (χ1v) is 8.45.